The predicted molar refractivity (Wildman–Crippen MR) is 83.7 cm³/mol. The van der Waals surface area contributed by atoms with Gasteiger partial charge in [0.1, 0.15) is 11.7 Å². The van der Waals surface area contributed by atoms with E-state index in [-0.39, 0.29) is 0 Å². The van der Waals surface area contributed by atoms with Crippen LogP contribution in [-0.2, 0) is 11.2 Å². The van der Waals surface area contributed by atoms with E-state index in [4.69, 9.17) is 4.74 Å². The number of hydrogen-bond acceptors (Lipinski definition) is 3. The standard InChI is InChI=1S/C16H16BrNO3/c1-10-7-14(17)15(18-9-10)13(16(19)20)8-11-3-5-12(21-2)6-4-11/h3-7,9,13H,8H2,1-2H3,(H,19,20). The second-order valence-electron chi connectivity index (χ2n) is 4.82. The molecular formula is C16H16BrNO3. The van der Waals surface area contributed by atoms with Gasteiger partial charge in [-0.2, -0.15) is 0 Å². The Labute approximate surface area is 131 Å². The summed E-state index contributed by atoms with van der Waals surface area (Å²) in [6, 6.07) is 9.28. The number of aromatic nitrogens is 1. The van der Waals surface area contributed by atoms with E-state index >= 15 is 0 Å². The van der Waals surface area contributed by atoms with Gasteiger partial charge in [0.05, 0.1) is 12.8 Å². The Bertz CT molecular complexity index is 640. The molecule has 1 aromatic carbocycles. The molecule has 0 aliphatic rings. The van der Waals surface area contributed by atoms with Crippen LogP contribution in [0.4, 0.5) is 0 Å². The first-order valence-corrected chi connectivity index (χ1v) is 7.28. The third-order valence-corrected chi connectivity index (χ3v) is 3.87. The number of carboxylic acid groups (broad SMARTS) is 1. The monoisotopic (exact) mass is 349 g/mol. The van der Waals surface area contributed by atoms with E-state index in [0.717, 1.165) is 21.3 Å². The maximum Gasteiger partial charge on any atom is 0.312 e. The Hall–Kier alpha value is -1.88. The van der Waals surface area contributed by atoms with E-state index in [2.05, 4.69) is 20.9 Å². The van der Waals surface area contributed by atoms with Gasteiger partial charge < -0.3 is 9.84 Å². The lowest BCUT2D eigenvalue weighted by Crippen LogP contribution is -2.16. The maximum atomic E-state index is 11.6. The molecule has 0 saturated carbocycles. The number of nitrogens with zero attached hydrogens (tertiary/aromatic N) is 1. The zero-order chi connectivity index (χ0) is 15.4. The molecule has 0 aliphatic heterocycles. The molecule has 1 N–H and O–H groups in total. The third kappa shape index (κ3) is 3.82. The largest absolute Gasteiger partial charge is 0.497 e. The van der Waals surface area contributed by atoms with Crippen molar-refractivity contribution in [3.8, 4) is 5.75 Å². The fourth-order valence-corrected chi connectivity index (χ4v) is 2.84. The van der Waals surface area contributed by atoms with Crippen molar-refractivity contribution in [2.24, 2.45) is 0 Å². The molecule has 2 aromatic rings. The van der Waals surface area contributed by atoms with E-state index in [9.17, 15) is 9.90 Å². The van der Waals surface area contributed by atoms with Crippen LogP contribution in [-0.4, -0.2) is 23.2 Å². The van der Waals surface area contributed by atoms with Gasteiger partial charge in [0.25, 0.3) is 0 Å². The van der Waals surface area contributed by atoms with Crippen molar-refractivity contribution in [3.63, 3.8) is 0 Å². The number of halogens is 1. The molecule has 2 rings (SSSR count). The fraction of sp³-hybridized carbons (Fsp3) is 0.250. The molecule has 110 valence electrons. The lowest BCUT2D eigenvalue weighted by Gasteiger charge is -2.14. The lowest BCUT2D eigenvalue weighted by atomic mass is 9.95. The van der Waals surface area contributed by atoms with Crippen LogP contribution in [0.3, 0.4) is 0 Å². The number of benzene rings is 1. The van der Waals surface area contributed by atoms with Crippen molar-refractivity contribution >= 4 is 21.9 Å². The summed E-state index contributed by atoms with van der Waals surface area (Å²) in [5.41, 5.74) is 2.46. The van der Waals surface area contributed by atoms with Crippen molar-refractivity contribution in [2.75, 3.05) is 7.11 Å². The second kappa shape index (κ2) is 6.72. The van der Waals surface area contributed by atoms with Gasteiger partial charge in [0, 0.05) is 10.7 Å². The van der Waals surface area contributed by atoms with E-state index in [1.54, 1.807) is 13.3 Å². The molecule has 0 radical (unpaired) electrons. The van der Waals surface area contributed by atoms with Crippen LogP contribution in [0, 0.1) is 6.92 Å². The Morgan fingerprint density at radius 2 is 2.05 bits per heavy atom. The van der Waals surface area contributed by atoms with E-state index in [0.29, 0.717) is 12.1 Å². The molecule has 5 heteroatoms. The van der Waals surface area contributed by atoms with Gasteiger partial charge in [-0.1, -0.05) is 12.1 Å². The summed E-state index contributed by atoms with van der Waals surface area (Å²) >= 11 is 3.41. The number of pyridine rings is 1. The number of ether oxygens (including phenoxy) is 1. The highest BCUT2D eigenvalue weighted by Gasteiger charge is 2.24. The Morgan fingerprint density at radius 1 is 1.38 bits per heavy atom. The van der Waals surface area contributed by atoms with Crippen molar-refractivity contribution in [1.29, 1.82) is 0 Å². The van der Waals surface area contributed by atoms with E-state index in [1.807, 2.05) is 37.3 Å². The molecule has 0 saturated heterocycles. The Kier molecular flexibility index (Phi) is 4.96. The minimum atomic E-state index is -0.886. The molecule has 1 atom stereocenters. The van der Waals surface area contributed by atoms with Gasteiger partial charge >= 0.3 is 5.97 Å². The molecule has 0 amide bonds. The molecule has 0 fully saturated rings. The second-order valence-corrected chi connectivity index (χ2v) is 5.68. The van der Waals surface area contributed by atoms with Crippen LogP contribution >= 0.6 is 15.9 Å². The van der Waals surface area contributed by atoms with Crippen LogP contribution in [0.5, 0.6) is 5.75 Å². The van der Waals surface area contributed by atoms with Gasteiger partial charge in [0.15, 0.2) is 0 Å². The first-order chi connectivity index (χ1) is 10.0. The van der Waals surface area contributed by atoms with Crippen molar-refractivity contribution in [3.05, 3.63) is 57.8 Å². The number of aryl methyl sites for hydroxylation is 1. The van der Waals surface area contributed by atoms with Crippen LogP contribution in [0.1, 0.15) is 22.7 Å². The first kappa shape index (κ1) is 15.5. The summed E-state index contributed by atoms with van der Waals surface area (Å²) in [5, 5.41) is 9.50. The van der Waals surface area contributed by atoms with Gasteiger partial charge in [-0.3, -0.25) is 9.78 Å². The lowest BCUT2D eigenvalue weighted by molar-refractivity contribution is -0.138. The summed E-state index contributed by atoms with van der Waals surface area (Å²) in [5.74, 6) is -0.823. The average molecular weight is 350 g/mol. The summed E-state index contributed by atoms with van der Waals surface area (Å²) < 4.78 is 5.83. The zero-order valence-electron chi connectivity index (χ0n) is 11.8. The average Bonchev–Trinajstić information content (AvgIpc) is 2.46. The molecule has 1 unspecified atom stereocenters. The minimum Gasteiger partial charge on any atom is -0.497 e. The van der Waals surface area contributed by atoms with Crippen molar-refractivity contribution in [2.45, 2.75) is 19.3 Å². The van der Waals surface area contributed by atoms with Gasteiger partial charge in [-0.05, 0) is 58.6 Å². The number of methoxy groups -OCH3 is 1. The summed E-state index contributed by atoms with van der Waals surface area (Å²) in [6.45, 7) is 1.92. The highest BCUT2D eigenvalue weighted by molar-refractivity contribution is 9.10. The number of rotatable bonds is 5. The van der Waals surface area contributed by atoms with Gasteiger partial charge in [-0.25, -0.2) is 0 Å². The smallest absolute Gasteiger partial charge is 0.312 e. The topological polar surface area (TPSA) is 59.4 Å². The van der Waals surface area contributed by atoms with E-state index < -0.39 is 11.9 Å². The molecule has 0 aliphatic carbocycles. The van der Waals surface area contributed by atoms with Gasteiger partial charge in [0.2, 0.25) is 0 Å². The first-order valence-electron chi connectivity index (χ1n) is 6.49. The molecule has 4 nitrogen and oxygen atoms in total. The zero-order valence-corrected chi connectivity index (χ0v) is 13.4. The minimum absolute atomic E-state index is 0.383. The number of aliphatic carboxylic acids is 1. The third-order valence-electron chi connectivity index (χ3n) is 3.23. The maximum absolute atomic E-state index is 11.6. The van der Waals surface area contributed by atoms with Crippen LogP contribution < -0.4 is 4.74 Å². The summed E-state index contributed by atoms with van der Waals surface area (Å²) in [4.78, 5) is 15.9. The molecule has 0 bridgehead atoms. The van der Waals surface area contributed by atoms with Crippen LogP contribution in [0.15, 0.2) is 41.0 Å². The molecule has 21 heavy (non-hydrogen) atoms. The highest BCUT2D eigenvalue weighted by atomic mass is 79.9. The molecule has 1 aromatic heterocycles. The Morgan fingerprint density at radius 3 is 2.57 bits per heavy atom. The summed E-state index contributed by atoms with van der Waals surface area (Å²) in [6.07, 6.45) is 2.07. The van der Waals surface area contributed by atoms with Crippen molar-refractivity contribution in [1.82, 2.24) is 4.98 Å². The molecule has 1 heterocycles. The number of carbonyl (C=O) groups is 1. The normalized spacial score (nSPS) is 12.0. The van der Waals surface area contributed by atoms with Crippen LogP contribution in [0.2, 0.25) is 0 Å². The molecule has 0 spiro atoms. The number of carboxylic acids is 1. The van der Waals surface area contributed by atoms with E-state index in [1.165, 1.54) is 0 Å². The molecular weight excluding hydrogens is 334 g/mol. The predicted octanol–water partition coefficient (Wildman–Crippen LogP) is 3.57. The number of hydrogen-bond donors (Lipinski definition) is 1. The SMILES string of the molecule is COc1ccc(CC(C(=O)O)c2ncc(C)cc2Br)cc1. The highest BCUT2D eigenvalue weighted by Crippen LogP contribution is 2.27. The van der Waals surface area contributed by atoms with Gasteiger partial charge in [-0.15, -0.1) is 0 Å². The van der Waals surface area contributed by atoms with Crippen LogP contribution in [0.25, 0.3) is 0 Å². The van der Waals surface area contributed by atoms with Crippen molar-refractivity contribution < 1.29 is 14.6 Å². The fourth-order valence-electron chi connectivity index (χ4n) is 2.10. The Balaban J connectivity index is 2.28. The summed E-state index contributed by atoms with van der Waals surface area (Å²) in [7, 11) is 1.60. The quantitative estimate of drug-likeness (QED) is 0.896.